The van der Waals surface area contributed by atoms with E-state index in [2.05, 4.69) is 10.3 Å². The fourth-order valence-corrected chi connectivity index (χ4v) is 2.23. The Kier molecular flexibility index (Phi) is 5.51. The summed E-state index contributed by atoms with van der Waals surface area (Å²) in [5.41, 5.74) is 0.854. The maximum atomic E-state index is 13.4. The van der Waals surface area contributed by atoms with Crippen molar-refractivity contribution in [1.82, 2.24) is 10.3 Å². The molecule has 1 heterocycles. The van der Waals surface area contributed by atoms with Gasteiger partial charge in [0.1, 0.15) is 17.1 Å². The first kappa shape index (κ1) is 18.6. The van der Waals surface area contributed by atoms with E-state index in [0.29, 0.717) is 17.7 Å². The highest BCUT2D eigenvalue weighted by molar-refractivity contribution is 5.96. The number of aromatic nitrogens is 1. The van der Waals surface area contributed by atoms with Crippen molar-refractivity contribution in [2.45, 2.75) is 32.8 Å². The Morgan fingerprint density at radius 1 is 1.20 bits per heavy atom. The second-order valence-electron chi connectivity index (χ2n) is 6.62. The van der Waals surface area contributed by atoms with Crippen molar-refractivity contribution >= 4 is 11.9 Å². The van der Waals surface area contributed by atoms with E-state index < -0.39 is 17.5 Å². The van der Waals surface area contributed by atoms with Crippen LogP contribution < -0.4 is 5.32 Å². The summed E-state index contributed by atoms with van der Waals surface area (Å²) < 4.78 is 18.7. The molecule has 6 heteroatoms. The first-order chi connectivity index (χ1) is 11.7. The van der Waals surface area contributed by atoms with E-state index in [9.17, 15) is 14.0 Å². The molecule has 25 heavy (non-hydrogen) atoms. The summed E-state index contributed by atoms with van der Waals surface area (Å²) in [7, 11) is 1.48. The molecule has 0 aliphatic carbocycles. The average molecular weight is 344 g/mol. The molecule has 0 aliphatic rings. The van der Waals surface area contributed by atoms with Crippen LogP contribution in [-0.2, 0) is 11.2 Å². The maximum Gasteiger partial charge on any atom is 0.338 e. The second kappa shape index (κ2) is 7.42. The number of carbonyl (C=O) groups is 2. The van der Waals surface area contributed by atoms with Crippen molar-refractivity contribution in [2.24, 2.45) is 0 Å². The summed E-state index contributed by atoms with van der Waals surface area (Å²) in [6.45, 7) is 5.29. The lowest BCUT2D eigenvalue weighted by Crippen LogP contribution is -2.25. The standard InChI is InChI=1S/C19H21FN2O3/c1-19(2,3)25-18(24)13-10-15(22-16(11-13)17(23)21-4)9-12-6-5-7-14(20)8-12/h5-8,10-11H,9H2,1-4H3,(H,21,23). The molecule has 1 amide bonds. The number of amides is 1. The number of esters is 1. The molecule has 0 spiro atoms. The Bertz CT molecular complexity index is 797. The van der Waals surface area contributed by atoms with Gasteiger partial charge < -0.3 is 10.1 Å². The SMILES string of the molecule is CNC(=O)c1cc(C(=O)OC(C)(C)C)cc(Cc2cccc(F)c2)n1. The molecule has 0 saturated carbocycles. The van der Waals surface area contributed by atoms with Crippen molar-refractivity contribution in [3.05, 3.63) is 64.7 Å². The molecule has 0 radical (unpaired) electrons. The lowest BCUT2D eigenvalue weighted by Gasteiger charge is -2.20. The fraction of sp³-hybridized carbons (Fsp3) is 0.316. The molecule has 1 aromatic carbocycles. The normalized spacial score (nSPS) is 11.1. The summed E-state index contributed by atoms with van der Waals surface area (Å²) in [4.78, 5) is 28.6. The van der Waals surface area contributed by atoms with Gasteiger partial charge in [-0.15, -0.1) is 0 Å². The van der Waals surface area contributed by atoms with Crippen LogP contribution in [0.4, 0.5) is 4.39 Å². The van der Waals surface area contributed by atoms with Crippen LogP contribution in [0.3, 0.4) is 0 Å². The first-order valence-corrected chi connectivity index (χ1v) is 7.89. The molecule has 5 nitrogen and oxygen atoms in total. The zero-order valence-corrected chi connectivity index (χ0v) is 14.7. The minimum absolute atomic E-state index is 0.109. The van der Waals surface area contributed by atoms with E-state index in [1.54, 1.807) is 39.0 Å². The highest BCUT2D eigenvalue weighted by atomic mass is 19.1. The molecular weight excluding hydrogens is 323 g/mol. The minimum atomic E-state index is -0.656. The molecule has 2 rings (SSSR count). The Morgan fingerprint density at radius 2 is 1.92 bits per heavy atom. The van der Waals surface area contributed by atoms with Gasteiger partial charge in [-0.25, -0.2) is 14.2 Å². The van der Waals surface area contributed by atoms with Crippen LogP contribution in [0.1, 0.15) is 52.9 Å². The van der Waals surface area contributed by atoms with Gasteiger partial charge in [-0.2, -0.15) is 0 Å². The molecule has 0 saturated heterocycles. The number of benzene rings is 1. The molecule has 0 bridgehead atoms. The molecule has 0 atom stereocenters. The van der Waals surface area contributed by atoms with Crippen molar-refractivity contribution in [3.63, 3.8) is 0 Å². The van der Waals surface area contributed by atoms with E-state index in [4.69, 9.17) is 4.74 Å². The first-order valence-electron chi connectivity index (χ1n) is 7.89. The number of hydrogen-bond acceptors (Lipinski definition) is 4. The molecule has 0 unspecified atom stereocenters. The third-order valence-electron chi connectivity index (χ3n) is 3.25. The Morgan fingerprint density at radius 3 is 2.52 bits per heavy atom. The van der Waals surface area contributed by atoms with Gasteiger partial charge in [0.05, 0.1) is 5.56 Å². The quantitative estimate of drug-likeness (QED) is 0.865. The highest BCUT2D eigenvalue weighted by Crippen LogP contribution is 2.16. The van der Waals surface area contributed by atoms with Gasteiger partial charge in [-0.1, -0.05) is 12.1 Å². The van der Waals surface area contributed by atoms with Gasteiger partial charge in [0.25, 0.3) is 5.91 Å². The molecule has 0 aliphatic heterocycles. The zero-order chi connectivity index (χ0) is 18.6. The largest absolute Gasteiger partial charge is 0.456 e. The summed E-state index contributed by atoms with van der Waals surface area (Å²) >= 11 is 0. The lowest BCUT2D eigenvalue weighted by molar-refractivity contribution is 0.00692. The van der Waals surface area contributed by atoms with Crippen molar-refractivity contribution in [3.8, 4) is 0 Å². The molecule has 132 valence electrons. The van der Waals surface area contributed by atoms with Crippen LogP contribution in [0.2, 0.25) is 0 Å². The van der Waals surface area contributed by atoms with E-state index in [-0.39, 0.29) is 17.1 Å². The second-order valence-corrected chi connectivity index (χ2v) is 6.62. The van der Waals surface area contributed by atoms with Crippen LogP contribution in [0, 0.1) is 5.82 Å². The Hall–Kier alpha value is -2.76. The van der Waals surface area contributed by atoms with Crippen molar-refractivity contribution < 1.29 is 18.7 Å². The summed E-state index contributed by atoms with van der Waals surface area (Å²) in [5.74, 6) is -1.31. The number of nitrogens with one attached hydrogen (secondary N) is 1. The van der Waals surface area contributed by atoms with Crippen LogP contribution in [0.25, 0.3) is 0 Å². The van der Waals surface area contributed by atoms with Gasteiger partial charge in [0, 0.05) is 19.2 Å². The van der Waals surface area contributed by atoms with Crippen LogP contribution in [-0.4, -0.2) is 29.5 Å². The minimum Gasteiger partial charge on any atom is -0.456 e. The van der Waals surface area contributed by atoms with E-state index >= 15 is 0 Å². The predicted molar refractivity (Wildman–Crippen MR) is 92.0 cm³/mol. The molecule has 0 fully saturated rings. The number of carbonyl (C=O) groups excluding carboxylic acids is 2. The van der Waals surface area contributed by atoms with Crippen LogP contribution in [0.5, 0.6) is 0 Å². The van der Waals surface area contributed by atoms with Gasteiger partial charge in [0.15, 0.2) is 0 Å². The Labute approximate surface area is 146 Å². The van der Waals surface area contributed by atoms with Gasteiger partial charge in [0.2, 0.25) is 0 Å². The zero-order valence-electron chi connectivity index (χ0n) is 14.7. The summed E-state index contributed by atoms with van der Waals surface area (Å²) in [6.07, 6.45) is 0.290. The van der Waals surface area contributed by atoms with E-state index in [1.807, 2.05) is 0 Å². The van der Waals surface area contributed by atoms with Crippen molar-refractivity contribution in [1.29, 1.82) is 0 Å². The number of ether oxygens (including phenoxy) is 1. The van der Waals surface area contributed by atoms with Gasteiger partial charge in [-0.05, 0) is 50.6 Å². The lowest BCUT2D eigenvalue weighted by atomic mass is 10.1. The third-order valence-corrected chi connectivity index (χ3v) is 3.25. The number of hydrogen-bond donors (Lipinski definition) is 1. The number of pyridine rings is 1. The third kappa shape index (κ3) is 5.38. The molecule has 2 aromatic rings. The number of rotatable bonds is 4. The van der Waals surface area contributed by atoms with Crippen LogP contribution in [0.15, 0.2) is 36.4 Å². The summed E-state index contributed by atoms with van der Waals surface area (Å²) in [6, 6.07) is 9.05. The number of halogens is 1. The van der Waals surface area contributed by atoms with Gasteiger partial charge in [-0.3, -0.25) is 4.79 Å². The van der Waals surface area contributed by atoms with E-state index in [0.717, 1.165) is 0 Å². The van der Waals surface area contributed by atoms with Crippen LogP contribution >= 0.6 is 0 Å². The monoisotopic (exact) mass is 344 g/mol. The molecule has 1 aromatic heterocycles. The summed E-state index contributed by atoms with van der Waals surface area (Å²) in [5, 5.41) is 2.48. The average Bonchev–Trinajstić information content (AvgIpc) is 2.52. The van der Waals surface area contributed by atoms with Crippen molar-refractivity contribution in [2.75, 3.05) is 7.05 Å². The maximum absolute atomic E-state index is 13.4. The molecular formula is C19H21FN2O3. The fourth-order valence-electron chi connectivity index (χ4n) is 2.23. The number of nitrogens with zero attached hydrogens (tertiary/aromatic N) is 1. The predicted octanol–water partition coefficient (Wildman–Crippen LogP) is 3.13. The topological polar surface area (TPSA) is 68.3 Å². The smallest absolute Gasteiger partial charge is 0.338 e. The van der Waals surface area contributed by atoms with E-state index in [1.165, 1.54) is 25.2 Å². The molecule has 1 N–H and O–H groups in total. The Balaban J connectivity index is 2.40. The highest BCUT2D eigenvalue weighted by Gasteiger charge is 2.20. The van der Waals surface area contributed by atoms with Gasteiger partial charge >= 0.3 is 5.97 Å².